The van der Waals surface area contributed by atoms with Crippen LogP contribution in [0.2, 0.25) is 0 Å². The second kappa shape index (κ2) is 9.41. The number of nitrogens with zero attached hydrogens (tertiary/aromatic N) is 2. The van der Waals surface area contributed by atoms with E-state index in [-0.39, 0.29) is 11.7 Å². The lowest BCUT2D eigenvalue weighted by Gasteiger charge is -2.36. The summed E-state index contributed by atoms with van der Waals surface area (Å²) in [6.45, 7) is 4.41. The predicted molar refractivity (Wildman–Crippen MR) is 107 cm³/mol. The monoisotopic (exact) mass is 387 g/mol. The number of halogens is 1. The molecular formula is C21H26FN3O3. The van der Waals surface area contributed by atoms with Gasteiger partial charge in [0.1, 0.15) is 22.9 Å². The summed E-state index contributed by atoms with van der Waals surface area (Å²) >= 11 is 0. The number of carbonyl (C=O) groups excluding carboxylic acids is 1. The van der Waals surface area contributed by atoms with E-state index in [0.717, 1.165) is 32.7 Å². The van der Waals surface area contributed by atoms with Gasteiger partial charge in [0, 0.05) is 39.3 Å². The lowest BCUT2D eigenvalue weighted by atomic mass is 10.1. The number of methoxy groups -OCH3 is 2. The predicted octanol–water partition coefficient (Wildman–Crippen LogP) is 2.39. The first-order chi connectivity index (χ1) is 13.6. The van der Waals surface area contributed by atoms with Crippen molar-refractivity contribution in [3.8, 4) is 11.5 Å². The minimum absolute atomic E-state index is 0.186. The third kappa shape index (κ3) is 4.54. The van der Waals surface area contributed by atoms with Gasteiger partial charge in [-0.2, -0.15) is 0 Å². The lowest BCUT2D eigenvalue weighted by molar-refractivity contribution is 0.0941. The van der Waals surface area contributed by atoms with Gasteiger partial charge < -0.3 is 19.7 Å². The molecule has 2 aromatic rings. The van der Waals surface area contributed by atoms with Crippen molar-refractivity contribution >= 4 is 11.6 Å². The first-order valence-corrected chi connectivity index (χ1v) is 9.35. The Bertz CT molecular complexity index is 785. The fourth-order valence-corrected chi connectivity index (χ4v) is 3.41. The molecule has 3 rings (SSSR count). The number of ether oxygens (including phenoxy) is 2. The van der Waals surface area contributed by atoms with Gasteiger partial charge in [-0.1, -0.05) is 18.2 Å². The molecule has 0 atom stereocenters. The largest absolute Gasteiger partial charge is 0.496 e. The molecule has 1 fully saturated rings. The molecule has 0 spiro atoms. The van der Waals surface area contributed by atoms with Crippen LogP contribution in [0.5, 0.6) is 11.5 Å². The maximum absolute atomic E-state index is 13.9. The van der Waals surface area contributed by atoms with E-state index in [1.54, 1.807) is 24.3 Å². The number of hydrogen-bond acceptors (Lipinski definition) is 5. The first kappa shape index (κ1) is 19.9. The second-order valence-corrected chi connectivity index (χ2v) is 6.57. The third-order valence-electron chi connectivity index (χ3n) is 4.93. The molecule has 0 saturated carbocycles. The fourth-order valence-electron chi connectivity index (χ4n) is 3.41. The van der Waals surface area contributed by atoms with Crippen LogP contribution in [0, 0.1) is 5.82 Å². The summed E-state index contributed by atoms with van der Waals surface area (Å²) in [6.07, 6.45) is 0. The summed E-state index contributed by atoms with van der Waals surface area (Å²) in [6, 6.07) is 12.1. The van der Waals surface area contributed by atoms with Crippen LogP contribution in [-0.2, 0) is 0 Å². The van der Waals surface area contributed by atoms with E-state index in [0.29, 0.717) is 29.3 Å². The number of amides is 1. The van der Waals surface area contributed by atoms with Crippen molar-refractivity contribution < 1.29 is 18.7 Å². The molecule has 0 bridgehead atoms. The first-order valence-electron chi connectivity index (χ1n) is 9.35. The summed E-state index contributed by atoms with van der Waals surface area (Å²) in [5.74, 6) is 0.555. The van der Waals surface area contributed by atoms with Crippen LogP contribution in [0.3, 0.4) is 0 Å². The SMILES string of the molecule is COc1cccc(OC)c1C(=O)NCCN1CCN(c2ccccc2F)CC1. The van der Waals surface area contributed by atoms with Crippen molar-refractivity contribution in [2.24, 2.45) is 0 Å². The van der Waals surface area contributed by atoms with Gasteiger partial charge in [0.05, 0.1) is 19.9 Å². The molecular weight excluding hydrogens is 361 g/mol. The van der Waals surface area contributed by atoms with Crippen LogP contribution >= 0.6 is 0 Å². The van der Waals surface area contributed by atoms with Crippen molar-refractivity contribution in [1.82, 2.24) is 10.2 Å². The number of anilines is 1. The minimum Gasteiger partial charge on any atom is -0.496 e. The van der Waals surface area contributed by atoms with Crippen LogP contribution in [0.1, 0.15) is 10.4 Å². The van der Waals surface area contributed by atoms with Crippen molar-refractivity contribution in [2.75, 3.05) is 58.4 Å². The van der Waals surface area contributed by atoms with E-state index in [4.69, 9.17) is 9.47 Å². The van der Waals surface area contributed by atoms with Gasteiger partial charge in [-0.05, 0) is 24.3 Å². The number of nitrogens with one attached hydrogen (secondary N) is 1. The van der Waals surface area contributed by atoms with Crippen molar-refractivity contribution in [1.29, 1.82) is 0 Å². The number of para-hydroxylation sites is 1. The number of carbonyl (C=O) groups is 1. The number of rotatable bonds is 7. The fraction of sp³-hybridized carbons (Fsp3) is 0.381. The van der Waals surface area contributed by atoms with Crippen LogP contribution in [0.4, 0.5) is 10.1 Å². The molecule has 0 radical (unpaired) electrons. The van der Waals surface area contributed by atoms with E-state index in [1.165, 1.54) is 20.3 Å². The van der Waals surface area contributed by atoms with E-state index in [2.05, 4.69) is 15.1 Å². The Labute approximate surface area is 164 Å². The zero-order chi connectivity index (χ0) is 19.9. The van der Waals surface area contributed by atoms with Crippen molar-refractivity contribution in [2.45, 2.75) is 0 Å². The summed E-state index contributed by atoms with van der Waals surface area (Å²) in [4.78, 5) is 16.9. The molecule has 7 heteroatoms. The quantitative estimate of drug-likeness (QED) is 0.791. The van der Waals surface area contributed by atoms with Gasteiger partial charge in [0.2, 0.25) is 0 Å². The van der Waals surface area contributed by atoms with E-state index in [9.17, 15) is 9.18 Å². The topological polar surface area (TPSA) is 54.0 Å². The number of piperazine rings is 1. The molecule has 1 saturated heterocycles. The van der Waals surface area contributed by atoms with Gasteiger partial charge in [0.25, 0.3) is 5.91 Å². The molecule has 1 N–H and O–H groups in total. The molecule has 1 amide bonds. The average molecular weight is 387 g/mol. The van der Waals surface area contributed by atoms with Gasteiger partial charge in [-0.3, -0.25) is 9.69 Å². The normalized spacial score (nSPS) is 14.6. The van der Waals surface area contributed by atoms with Gasteiger partial charge in [0.15, 0.2) is 0 Å². The standard InChI is InChI=1S/C21H26FN3O3/c1-27-18-8-5-9-19(28-2)20(18)21(26)23-10-11-24-12-14-25(15-13-24)17-7-4-3-6-16(17)22/h3-9H,10-15H2,1-2H3,(H,23,26). The molecule has 150 valence electrons. The highest BCUT2D eigenvalue weighted by Gasteiger charge is 2.20. The van der Waals surface area contributed by atoms with Gasteiger partial charge >= 0.3 is 0 Å². The number of benzene rings is 2. The minimum atomic E-state index is -0.223. The maximum Gasteiger partial charge on any atom is 0.258 e. The van der Waals surface area contributed by atoms with Gasteiger partial charge in [-0.25, -0.2) is 4.39 Å². The maximum atomic E-state index is 13.9. The van der Waals surface area contributed by atoms with E-state index >= 15 is 0 Å². The smallest absolute Gasteiger partial charge is 0.258 e. The Morgan fingerprint density at radius 2 is 1.64 bits per heavy atom. The summed E-state index contributed by atoms with van der Waals surface area (Å²) in [7, 11) is 3.06. The average Bonchev–Trinajstić information content (AvgIpc) is 2.74. The van der Waals surface area contributed by atoms with Crippen molar-refractivity contribution in [3.05, 3.63) is 53.8 Å². The second-order valence-electron chi connectivity index (χ2n) is 6.57. The molecule has 1 heterocycles. The Morgan fingerprint density at radius 3 is 2.25 bits per heavy atom. The third-order valence-corrected chi connectivity index (χ3v) is 4.93. The zero-order valence-corrected chi connectivity index (χ0v) is 16.3. The molecule has 1 aliphatic rings. The molecule has 6 nitrogen and oxygen atoms in total. The van der Waals surface area contributed by atoms with E-state index in [1.807, 2.05) is 12.1 Å². The highest BCUT2D eigenvalue weighted by molar-refractivity contribution is 5.99. The summed E-state index contributed by atoms with van der Waals surface area (Å²) < 4.78 is 24.5. The van der Waals surface area contributed by atoms with Crippen LogP contribution < -0.4 is 19.7 Å². The van der Waals surface area contributed by atoms with Crippen molar-refractivity contribution in [3.63, 3.8) is 0 Å². The molecule has 0 aromatic heterocycles. The van der Waals surface area contributed by atoms with Gasteiger partial charge in [-0.15, -0.1) is 0 Å². The lowest BCUT2D eigenvalue weighted by Crippen LogP contribution is -2.48. The Hall–Kier alpha value is -2.80. The Kier molecular flexibility index (Phi) is 6.71. The highest BCUT2D eigenvalue weighted by Crippen LogP contribution is 2.27. The van der Waals surface area contributed by atoms with Crippen LogP contribution in [-0.4, -0.2) is 64.3 Å². The summed E-state index contributed by atoms with van der Waals surface area (Å²) in [5, 5.41) is 2.93. The Balaban J connectivity index is 1.49. The van der Waals surface area contributed by atoms with Crippen LogP contribution in [0.25, 0.3) is 0 Å². The molecule has 2 aromatic carbocycles. The molecule has 28 heavy (non-hydrogen) atoms. The van der Waals surface area contributed by atoms with E-state index < -0.39 is 0 Å². The van der Waals surface area contributed by atoms with Crippen LogP contribution in [0.15, 0.2) is 42.5 Å². The number of hydrogen-bond donors (Lipinski definition) is 1. The molecule has 0 aliphatic carbocycles. The zero-order valence-electron chi connectivity index (χ0n) is 16.3. The highest BCUT2D eigenvalue weighted by atomic mass is 19.1. The summed E-state index contributed by atoms with van der Waals surface area (Å²) in [5.41, 5.74) is 1.05. The molecule has 0 unspecified atom stereocenters. The molecule has 1 aliphatic heterocycles. The Morgan fingerprint density at radius 1 is 1.00 bits per heavy atom.